The van der Waals surface area contributed by atoms with Gasteiger partial charge in [-0.25, -0.2) is 14.2 Å². The van der Waals surface area contributed by atoms with E-state index >= 15 is 0 Å². The van der Waals surface area contributed by atoms with E-state index < -0.39 is 5.82 Å². The molecule has 2 saturated heterocycles. The van der Waals surface area contributed by atoms with Crippen LogP contribution >= 0.6 is 0 Å². The van der Waals surface area contributed by atoms with Gasteiger partial charge in [0.25, 0.3) is 0 Å². The first-order chi connectivity index (χ1) is 14.0. The van der Waals surface area contributed by atoms with E-state index in [0.29, 0.717) is 26.1 Å². The van der Waals surface area contributed by atoms with Crippen molar-refractivity contribution in [1.29, 1.82) is 0 Å². The van der Waals surface area contributed by atoms with Crippen LogP contribution in [0.15, 0.2) is 42.5 Å². The molecule has 0 radical (unpaired) electrons. The van der Waals surface area contributed by atoms with Crippen LogP contribution < -0.4 is 0 Å². The molecule has 7 heteroatoms. The molecule has 2 unspecified atom stereocenters. The smallest absolute Gasteiger partial charge is 0.410 e. The molecule has 0 spiro atoms. The van der Waals surface area contributed by atoms with E-state index in [0.717, 1.165) is 5.56 Å². The highest BCUT2D eigenvalue weighted by Gasteiger charge is 2.44. The number of aryl methyl sites for hydroxylation is 1. The third-order valence-corrected chi connectivity index (χ3v) is 5.58. The van der Waals surface area contributed by atoms with Crippen LogP contribution in [0.5, 0.6) is 0 Å². The molecule has 0 saturated carbocycles. The minimum Gasteiger partial charge on any atom is -0.445 e. The van der Waals surface area contributed by atoms with E-state index in [4.69, 9.17) is 9.47 Å². The maximum atomic E-state index is 13.5. The van der Waals surface area contributed by atoms with Gasteiger partial charge in [-0.3, -0.25) is 9.69 Å². The third kappa shape index (κ3) is 4.15. The van der Waals surface area contributed by atoms with Gasteiger partial charge >= 0.3 is 6.09 Å². The third-order valence-electron chi connectivity index (χ3n) is 5.58. The van der Waals surface area contributed by atoms with Gasteiger partial charge in [0.15, 0.2) is 5.78 Å². The van der Waals surface area contributed by atoms with Crippen LogP contribution in [0.3, 0.4) is 0 Å². The Kier molecular flexibility index (Phi) is 5.58. The molecule has 2 bridgehead atoms. The topological polar surface area (TPSA) is 68.7 Å². The summed E-state index contributed by atoms with van der Waals surface area (Å²) in [5.41, 5.74) is 1.40. The monoisotopic (exact) mass is 398 g/mol. The van der Waals surface area contributed by atoms with Crippen LogP contribution in [0.25, 0.3) is 0 Å². The van der Waals surface area contributed by atoms with Crippen LogP contribution in [-0.2, 0) is 16.1 Å². The van der Waals surface area contributed by atoms with Crippen LogP contribution in [0.4, 0.5) is 9.18 Å². The lowest BCUT2D eigenvalue weighted by atomic mass is 9.81. The molecule has 2 atom stereocenters. The molecule has 1 aromatic carbocycles. The normalized spacial score (nSPS) is 23.5. The first kappa shape index (κ1) is 19.5. The lowest BCUT2D eigenvalue weighted by Crippen LogP contribution is -2.60. The Labute approximate surface area is 168 Å². The maximum absolute atomic E-state index is 13.5. The summed E-state index contributed by atoms with van der Waals surface area (Å²) in [6.45, 7) is 2.49. The zero-order valence-electron chi connectivity index (χ0n) is 16.2. The summed E-state index contributed by atoms with van der Waals surface area (Å²) >= 11 is 0. The van der Waals surface area contributed by atoms with E-state index in [1.165, 1.54) is 12.1 Å². The summed E-state index contributed by atoms with van der Waals surface area (Å²) in [5, 5.41) is 0. The van der Waals surface area contributed by atoms with Crippen molar-refractivity contribution < 1.29 is 23.5 Å². The van der Waals surface area contributed by atoms with Gasteiger partial charge < -0.3 is 9.47 Å². The van der Waals surface area contributed by atoms with Crippen molar-refractivity contribution in [3.63, 3.8) is 0 Å². The summed E-state index contributed by atoms with van der Waals surface area (Å²) in [5.74, 6) is -0.811. The number of Topliss-reactive ketones (excluding diaryl/α,β-unsaturated/α-hetero) is 1. The van der Waals surface area contributed by atoms with Crippen molar-refractivity contribution in [3.05, 3.63) is 65.2 Å². The molecule has 1 aromatic heterocycles. The van der Waals surface area contributed by atoms with Crippen molar-refractivity contribution in [2.45, 2.75) is 38.5 Å². The summed E-state index contributed by atoms with van der Waals surface area (Å²) < 4.78 is 24.6. The number of morpholine rings is 1. The molecule has 6 nitrogen and oxygen atoms in total. The number of benzene rings is 1. The van der Waals surface area contributed by atoms with Gasteiger partial charge in [0, 0.05) is 5.92 Å². The van der Waals surface area contributed by atoms with Crippen LogP contribution in [0.2, 0.25) is 0 Å². The molecular weight excluding hydrogens is 375 g/mol. The number of fused-ring (bicyclic) bond motifs is 2. The van der Waals surface area contributed by atoms with Gasteiger partial charge in [-0.15, -0.1) is 0 Å². The number of halogens is 1. The van der Waals surface area contributed by atoms with Gasteiger partial charge in [0.05, 0.1) is 31.0 Å². The lowest BCUT2D eigenvalue weighted by Gasteiger charge is -2.47. The molecule has 0 aliphatic carbocycles. The number of amides is 1. The van der Waals surface area contributed by atoms with Crippen LogP contribution in [0.1, 0.15) is 34.6 Å². The number of carbonyl (C=O) groups is 2. The number of ether oxygens (including phenoxy) is 2. The Hall–Kier alpha value is -2.80. The highest BCUT2D eigenvalue weighted by molar-refractivity contribution is 5.96. The van der Waals surface area contributed by atoms with Crippen molar-refractivity contribution in [1.82, 2.24) is 9.88 Å². The molecular formula is C22H23FN2O4. The number of hydrogen-bond acceptors (Lipinski definition) is 5. The Morgan fingerprint density at radius 1 is 1.14 bits per heavy atom. The summed E-state index contributed by atoms with van der Waals surface area (Å²) in [6, 6.07) is 11.8. The predicted octanol–water partition coefficient (Wildman–Crippen LogP) is 3.53. The van der Waals surface area contributed by atoms with Gasteiger partial charge in [0.1, 0.15) is 18.1 Å². The van der Waals surface area contributed by atoms with Crippen LogP contribution in [0, 0.1) is 18.7 Å². The first-order valence-corrected chi connectivity index (χ1v) is 9.77. The predicted molar refractivity (Wildman–Crippen MR) is 103 cm³/mol. The number of ketones is 1. The van der Waals surface area contributed by atoms with E-state index in [1.54, 1.807) is 11.8 Å². The Morgan fingerprint density at radius 2 is 1.83 bits per heavy atom. The average Bonchev–Trinajstić information content (AvgIpc) is 2.73. The van der Waals surface area contributed by atoms with Gasteiger partial charge in [-0.2, -0.15) is 0 Å². The van der Waals surface area contributed by atoms with E-state index in [2.05, 4.69) is 4.98 Å². The zero-order valence-corrected chi connectivity index (χ0v) is 16.2. The number of aromatic nitrogens is 1. The highest BCUT2D eigenvalue weighted by atomic mass is 19.1. The van der Waals surface area contributed by atoms with Crippen molar-refractivity contribution in [2.75, 3.05) is 13.2 Å². The second-order valence-electron chi connectivity index (χ2n) is 7.59. The minimum absolute atomic E-state index is 0.109. The fourth-order valence-corrected chi connectivity index (χ4v) is 4.11. The van der Waals surface area contributed by atoms with Crippen molar-refractivity contribution >= 4 is 11.9 Å². The quantitative estimate of drug-likeness (QED) is 0.737. The molecule has 2 aromatic rings. The summed E-state index contributed by atoms with van der Waals surface area (Å²) in [6.07, 6.45) is 0.579. The Bertz CT molecular complexity index is 891. The number of pyridine rings is 1. The minimum atomic E-state index is -0.428. The second-order valence-corrected chi connectivity index (χ2v) is 7.59. The Morgan fingerprint density at radius 3 is 2.48 bits per heavy atom. The van der Waals surface area contributed by atoms with Crippen molar-refractivity contribution in [2.24, 2.45) is 5.92 Å². The molecule has 2 aliphatic heterocycles. The highest BCUT2D eigenvalue weighted by Crippen LogP contribution is 2.34. The van der Waals surface area contributed by atoms with Crippen molar-refractivity contribution in [3.8, 4) is 0 Å². The molecule has 1 amide bonds. The summed E-state index contributed by atoms with van der Waals surface area (Å²) in [7, 11) is 0. The molecule has 4 rings (SSSR count). The summed E-state index contributed by atoms with van der Waals surface area (Å²) in [4.78, 5) is 31.5. The van der Waals surface area contributed by atoms with E-state index in [1.807, 2.05) is 30.3 Å². The SMILES string of the molecule is Cc1nc(C(=O)C2CC3COCC(C2)N3C(=O)OCc2ccccc2)ccc1F. The number of rotatable bonds is 4. The van der Waals surface area contributed by atoms with Gasteiger partial charge in [0.2, 0.25) is 0 Å². The van der Waals surface area contributed by atoms with E-state index in [9.17, 15) is 14.0 Å². The molecule has 3 heterocycles. The van der Waals surface area contributed by atoms with Gasteiger partial charge in [-0.05, 0) is 37.5 Å². The average molecular weight is 398 g/mol. The fourth-order valence-electron chi connectivity index (χ4n) is 4.11. The number of carbonyl (C=O) groups excluding carboxylic acids is 2. The molecule has 2 fully saturated rings. The Balaban J connectivity index is 1.43. The fraction of sp³-hybridized carbons (Fsp3) is 0.409. The first-order valence-electron chi connectivity index (χ1n) is 9.77. The number of nitrogens with zero attached hydrogens (tertiary/aromatic N) is 2. The lowest BCUT2D eigenvalue weighted by molar-refractivity contribution is -0.0756. The standard InChI is InChI=1S/C22H23FN2O4/c1-14-19(23)7-8-20(24-14)21(26)16-9-17-12-28-13-18(10-16)25(17)22(27)29-11-15-5-3-2-4-6-15/h2-8,16-18H,9-13H2,1H3. The maximum Gasteiger partial charge on any atom is 0.410 e. The zero-order chi connectivity index (χ0) is 20.4. The largest absolute Gasteiger partial charge is 0.445 e. The molecule has 29 heavy (non-hydrogen) atoms. The van der Waals surface area contributed by atoms with E-state index in [-0.39, 0.29) is 47.9 Å². The van der Waals surface area contributed by atoms with Crippen LogP contribution in [-0.4, -0.2) is 47.1 Å². The number of piperidine rings is 1. The molecule has 152 valence electrons. The number of hydrogen-bond donors (Lipinski definition) is 0. The molecule has 2 aliphatic rings. The van der Waals surface area contributed by atoms with Gasteiger partial charge in [-0.1, -0.05) is 30.3 Å². The second kappa shape index (κ2) is 8.29. The molecule has 0 N–H and O–H groups in total.